The molecule has 2 saturated heterocycles. The first-order chi connectivity index (χ1) is 14.1. The Labute approximate surface area is 176 Å². The molecular formula is C25H33N3O. The van der Waals surface area contributed by atoms with Crippen LogP contribution in [0.1, 0.15) is 50.7 Å². The van der Waals surface area contributed by atoms with Crippen molar-refractivity contribution in [1.82, 2.24) is 0 Å². The fourth-order valence-electron chi connectivity index (χ4n) is 4.37. The molecule has 0 N–H and O–H groups in total. The molecule has 2 aromatic rings. The van der Waals surface area contributed by atoms with Crippen molar-refractivity contribution < 1.29 is 4.74 Å². The van der Waals surface area contributed by atoms with Crippen LogP contribution in [0.15, 0.2) is 42.5 Å². The van der Waals surface area contributed by atoms with E-state index in [1.165, 1.54) is 28.2 Å². The molecule has 0 bridgehead atoms. The molecule has 4 heteroatoms. The smallest absolute Gasteiger partial charge is 0.208 e. The molecule has 0 amide bonds. The van der Waals surface area contributed by atoms with Gasteiger partial charge in [-0.1, -0.05) is 58.0 Å². The van der Waals surface area contributed by atoms with Gasteiger partial charge in [-0.2, -0.15) is 0 Å². The minimum absolute atomic E-state index is 0.486. The zero-order chi connectivity index (χ0) is 20.4. The monoisotopic (exact) mass is 391 g/mol. The topological polar surface area (TPSA) is 19.0 Å². The summed E-state index contributed by atoms with van der Waals surface area (Å²) in [5, 5.41) is 0. The second kappa shape index (κ2) is 8.66. The summed E-state index contributed by atoms with van der Waals surface area (Å²) in [6.45, 7) is 18.2. The van der Waals surface area contributed by atoms with Crippen molar-refractivity contribution >= 4 is 17.1 Å². The predicted molar refractivity (Wildman–Crippen MR) is 122 cm³/mol. The molecule has 4 rings (SSSR count). The third kappa shape index (κ3) is 4.09. The zero-order valence-electron chi connectivity index (χ0n) is 18.2. The third-order valence-corrected chi connectivity index (χ3v) is 5.93. The summed E-state index contributed by atoms with van der Waals surface area (Å²) < 4.78 is 5.55. The van der Waals surface area contributed by atoms with E-state index in [0.717, 1.165) is 39.4 Å². The van der Waals surface area contributed by atoms with E-state index < -0.39 is 0 Å². The maximum atomic E-state index is 5.55. The summed E-state index contributed by atoms with van der Waals surface area (Å²) in [6.07, 6.45) is 0. The highest BCUT2D eigenvalue weighted by atomic mass is 16.5. The molecule has 0 saturated carbocycles. The van der Waals surface area contributed by atoms with E-state index in [9.17, 15) is 0 Å². The standard InChI is InChI=1S/C25H33N3O/c1-19(2)21-8-7-9-22(20(3)4)25(21)28-13-12-27(18-28)24-11-6-5-10-23(24)26-14-16-29-17-15-26/h5-11,19-20H,12-17H2,1-4H3. The van der Waals surface area contributed by atoms with E-state index in [4.69, 9.17) is 4.74 Å². The number of benzene rings is 2. The predicted octanol–water partition coefficient (Wildman–Crippen LogP) is 5.09. The molecule has 0 aliphatic carbocycles. The average Bonchev–Trinajstić information content (AvgIpc) is 3.23. The van der Waals surface area contributed by atoms with Crippen LogP contribution in [0.25, 0.3) is 0 Å². The lowest BCUT2D eigenvalue weighted by Gasteiger charge is -2.33. The Morgan fingerprint density at radius 1 is 0.724 bits per heavy atom. The number of rotatable bonds is 5. The van der Waals surface area contributed by atoms with Gasteiger partial charge in [0, 0.05) is 31.9 Å². The lowest BCUT2D eigenvalue weighted by atomic mass is 9.92. The number of nitrogens with zero attached hydrogens (tertiary/aromatic N) is 3. The van der Waals surface area contributed by atoms with E-state index in [1.807, 2.05) is 0 Å². The molecular weight excluding hydrogens is 358 g/mol. The summed E-state index contributed by atoms with van der Waals surface area (Å²) in [7, 11) is 0. The van der Waals surface area contributed by atoms with Crippen molar-refractivity contribution in [2.75, 3.05) is 54.1 Å². The van der Waals surface area contributed by atoms with E-state index in [0.29, 0.717) is 11.8 Å². The van der Waals surface area contributed by atoms with Crippen molar-refractivity contribution in [3.8, 4) is 0 Å². The third-order valence-electron chi connectivity index (χ3n) is 5.93. The molecule has 4 nitrogen and oxygen atoms in total. The van der Waals surface area contributed by atoms with Gasteiger partial charge in [0.25, 0.3) is 0 Å². The van der Waals surface area contributed by atoms with Crippen LogP contribution >= 0.6 is 0 Å². The van der Waals surface area contributed by atoms with E-state index >= 15 is 0 Å². The summed E-state index contributed by atoms with van der Waals surface area (Å²) >= 11 is 0. The van der Waals surface area contributed by atoms with Crippen molar-refractivity contribution in [2.24, 2.45) is 0 Å². The van der Waals surface area contributed by atoms with Gasteiger partial charge in [-0.05, 0) is 35.1 Å². The van der Waals surface area contributed by atoms with Crippen molar-refractivity contribution in [2.45, 2.75) is 39.5 Å². The lowest BCUT2D eigenvalue weighted by molar-refractivity contribution is 0.122. The fraction of sp³-hybridized carbons (Fsp3) is 0.480. The molecule has 154 valence electrons. The molecule has 2 aliphatic rings. The van der Waals surface area contributed by atoms with E-state index in [2.05, 4.69) is 91.5 Å². The van der Waals surface area contributed by atoms with Crippen LogP contribution < -0.4 is 14.7 Å². The molecule has 0 atom stereocenters. The van der Waals surface area contributed by atoms with Gasteiger partial charge in [-0.15, -0.1) is 0 Å². The summed E-state index contributed by atoms with van der Waals surface area (Å²) in [5.41, 5.74) is 6.69. The van der Waals surface area contributed by atoms with Crippen molar-refractivity contribution in [1.29, 1.82) is 0 Å². The highest BCUT2D eigenvalue weighted by Crippen LogP contribution is 2.39. The van der Waals surface area contributed by atoms with E-state index in [1.54, 1.807) is 0 Å². The summed E-state index contributed by atoms with van der Waals surface area (Å²) in [6, 6.07) is 15.5. The van der Waals surface area contributed by atoms with Crippen LogP contribution in [0, 0.1) is 6.67 Å². The maximum Gasteiger partial charge on any atom is 0.208 e. The van der Waals surface area contributed by atoms with Gasteiger partial charge in [0.15, 0.2) is 0 Å². The Hall–Kier alpha value is -2.20. The molecule has 2 aliphatic heterocycles. The summed E-state index contributed by atoms with van der Waals surface area (Å²) in [5.74, 6) is 0.973. The number of anilines is 3. The second-order valence-corrected chi connectivity index (χ2v) is 8.59. The first-order valence-electron chi connectivity index (χ1n) is 10.9. The van der Waals surface area contributed by atoms with Gasteiger partial charge in [0.1, 0.15) is 0 Å². The van der Waals surface area contributed by atoms with Gasteiger partial charge in [-0.25, -0.2) is 0 Å². The Bertz CT molecular complexity index is 800. The van der Waals surface area contributed by atoms with Gasteiger partial charge in [0.2, 0.25) is 6.67 Å². The fourth-order valence-corrected chi connectivity index (χ4v) is 4.37. The minimum Gasteiger partial charge on any atom is -0.378 e. The van der Waals surface area contributed by atoms with Crippen LogP contribution in [0.2, 0.25) is 0 Å². The van der Waals surface area contributed by atoms with Gasteiger partial charge < -0.3 is 19.4 Å². The summed E-state index contributed by atoms with van der Waals surface area (Å²) in [4.78, 5) is 7.08. The maximum absolute atomic E-state index is 5.55. The molecule has 0 aromatic heterocycles. The van der Waals surface area contributed by atoms with Crippen molar-refractivity contribution in [3.63, 3.8) is 0 Å². The quantitative estimate of drug-likeness (QED) is 0.706. The van der Waals surface area contributed by atoms with Crippen LogP contribution in [-0.2, 0) is 4.74 Å². The van der Waals surface area contributed by atoms with Crippen molar-refractivity contribution in [3.05, 3.63) is 60.3 Å². The molecule has 0 unspecified atom stereocenters. The van der Waals surface area contributed by atoms with E-state index in [-0.39, 0.29) is 0 Å². The Morgan fingerprint density at radius 3 is 1.93 bits per heavy atom. The number of para-hydroxylation sites is 3. The number of hydrogen-bond acceptors (Lipinski definition) is 4. The van der Waals surface area contributed by atoms with Gasteiger partial charge >= 0.3 is 0 Å². The Kier molecular flexibility index (Phi) is 6.00. The highest BCUT2D eigenvalue weighted by Gasteiger charge is 2.29. The number of ether oxygens (including phenoxy) is 1. The zero-order valence-corrected chi connectivity index (χ0v) is 18.2. The highest BCUT2D eigenvalue weighted by molar-refractivity contribution is 5.75. The van der Waals surface area contributed by atoms with Crippen LogP contribution in [0.4, 0.5) is 17.1 Å². The van der Waals surface area contributed by atoms with Crippen LogP contribution in [0.5, 0.6) is 0 Å². The van der Waals surface area contributed by atoms with Gasteiger partial charge in [-0.3, -0.25) is 0 Å². The number of morpholine rings is 1. The molecule has 2 heterocycles. The Balaban J connectivity index is 1.63. The molecule has 29 heavy (non-hydrogen) atoms. The van der Waals surface area contributed by atoms with Crippen LogP contribution in [-0.4, -0.2) is 39.4 Å². The van der Waals surface area contributed by atoms with Crippen LogP contribution in [0.3, 0.4) is 0 Å². The second-order valence-electron chi connectivity index (χ2n) is 8.59. The first-order valence-corrected chi connectivity index (χ1v) is 10.9. The molecule has 2 radical (unpaired) electrons. The Morgan fingerprint density at radius 2 is 1.31 bits per heavy atom. The normalized spacial score (nSPS) is 17.7. The largest absolute Gasteiger partial charge is 0.378 e. The first kappa shape index (κ1) is 20.1. The molecule has 0 spiro atoms. The minimum atomic E-state index is 0.486. The average molecular weight is 392 g/mol. The van der Waals surface area contributed by atoms with Gasteiger partial charge in [0.05, 0.1) is 24.6 Å². The SMILES string of the molecule is CC(C)c1cccc(C(C)C)c1N1[C]N(c2ccccc2N2CCOCC2)CC1. The lowest BCUT2D eigenvalue weighted by Crippen LogP contribution is -2.37. The number of hydrogen-bond donors (Lipinski definition) is 0. The molecule has 2 fully saturated rings. The molecule has 2 aromatic carbocycles.